The summed E-state index contributed by atoms with van der Waals surface area (Å²) in [7, 11) is 0. The first-order valence-corrected chi connectivity index (χ1v) is 17.6. The van der Waals surface area contributed by atoms with Crippen LogP contribution in [0.25, 0.3) is 67.5 Å². The molecule has 4 bridgehead atoms. The molecule has 0 unspecified atom stereocenters. The largest absolute Gasteiger partial charge is 0.443 e. The van der Waals surface area contributed by atoms with Gasteiger partial charge >= 0.3 is 0 Å². The Morgan fingerprint density at radius 2 is 0.959 bits per heavy atom. The van der Waals surface area contributed by atoms with Gasteiger partial charge in [-0.3, -0.25) is 0 Å². The Labute approximate surface area is 286 Å². The maximum absolute atomic E-state index is 6.04. The number of benzene rings is 5. The Bertz CT molecular complexity index is 2200. The van der Waals surface area contributed by atoms with Gasteiger partial charge < -0.3 is 4.42 Å². The zero-order valence-electron chi connectivity index (χ0n) is 27.3. The second-order valence-electron chi connectivity index (χ2n) is 14.6. The molecule has 4 aliphatic carbocycles. The van der Waals surface area contributed by atoms with E-state index >= 15 is 0 Å². The lowest BCUT2D eigenvalue weighted by Gasteiger charge is -2.57. The van der Waals surface area contributed by atoms with Crippen molar-refractivity contribution < 1.29 is 4.42 Å². The number of oxazole rings is 1. The second-order valence-corrected chi connectivity index (χ2v) is 14.6. The maximum atomic E-state index is 6.04. The minimum atomic E-state index is 0.430. The highest BCUT2D eigenvalue weighted by atomic mass is 16.3. The third kappa shape index (κ3) is 4.99. The van der Waals surface area contributed by atoms with E-state index in [1.165, 1.54) is 56.0 Å². The molecule has 4 saturated carbocycles. The van der Waals surface area contributed by atoms with E-state index in [9.17, 15) is 0 Å². The van der Waals surface area contributed by atoms with Gasteiger partial charge in [0.2, 0.25) is 0 Å². The lowest BCUT2D eigenvalue weighted by atomic mass is 9.48. The van der Waals surface area contributed by atoms with E-state index in [0.29, 0.717) is 28.5 Å². The van der Waals surface area contributed by atoms with Crippen molar-refractivity contribution in [2.24, 2.45) is 17.8 Å². The summed E-state index contributed by atoms with van der Waals surface area (Å²) < 4.78 is 6.04. The van der Waals surface area contributed by atoms with E-state index in [-0.39, 0.29) is 0 Å². The molecule has 0 atom stereocenters. The Hall–Kier alpha value is -5.42. The second kappa shape index (κ2) is 11.3. The highest BCUT2D eigenvalue weighted by Crippen LogP contribution is 2.60. The first-order valence-electron chi connectivity index (χ1n) is 17.6. The molecule has 2 aromatic heterocycles. The van der Waals surface area contributed by atoms with Gasteiger partial charge in [-0.1, -0.05) is 109 Å². The lowest BCUT2D eigenvalue weighted by molar-refractivity contribution is -0.00518. The monoisotopic (exact) mass is 636 g/mol. The van der Waals surface area contributed by atoms with Crippen LogP contribution in [0.5, 0.6) is 0 Å². The SMILES string of the molecule is c1ccc(-c2nc(-c3ccccc3)nc(-c3ccc(-c4ccc(-c5ccc(C67CC8CC(CC(C8)C6)C7)cc5)cc4)c4ocnc34)n2)cc1. The Morgan fingerprint density at radius 1 is 0.469 bits per heavy atom. The van der Waals surface area contributed by atoms with Crippen molar-refractivity contribution in [2.45, 2.75) is 43.9 Å². The van der Waals surface area contributed by atoms with Gasteiger partial charge in [-0.2, -0.15) is 0 Å². The fraction of sp³-hybridized carbons (Fsp3) is 0.227. The molecule has 0 spiro atoms. The lowest BCUT2D eigenvalue weighted by Crippen LogP contribution is -2.48. The number of hydrogen-bond donors (Lipinski definition) is 0. The summed E-state index contributed by atoms with van der Waals surface area (Å²) >= 11 is 0. The molecule has 0 N–H and O–H groups in total. The quantitative estimate of drug-likeness (QED) is 0.182. The predicted molar refractivity (Wildman–Crippen MR) is 194 cm³/mol. The molecule has 49 heavy (non-hydrogen) atoms. The Kier molecular flexibility index (Phi) is 6.61. The maximum Gasteiger partial charge on any atom is 0.182 e. The molecule has 238 valence electrons. The van der Waals surface area contributed by atoms with Crippen molar-refractivity contribution >= 4 is 11.1 Å². The molecular weight excluding hydrogens is 601 g/mol. The van der Waals surface area contributed by atoms with Gasteiger partial charge in [0.15, 0.2) is 29.4 Å². The van der Waals surface area contributed by atoms with Crippen molar-refractivity contribution in [1.82, 2.24) is 19.9 Å². The number of aromatic nitrogens is 4. The standard InChI is InChI=1S/C44H36N4O/c1-3-7-34(8-4-1)41-46-42(35-9-5-2-6-10-35)48-43(47-41)38-20-19-37(40-39(38)45-27-49-40)33-13-11-31(12-14-33)32-15-17-36(18-16-32)44-24-28-21-29(25-44)23-30(22-28)26-44/h1-20,27-30H,21-26H2. The van der Waals surface area contributed by atoms with Crippen LogP contribution in [0.15, 0.2) is 132 Å². The van der Waals surface area contributed by atoms with Crippen LogP contribution in [0.1, 0.15) is 44.1 Å². The third-order valence-electron chi connectivity index (χ3n) is 11.5. The average molecular weight is 637 g/mol. The van der Waals surface area contributed by atoms with E-state index < -0.39 is 0 Å². The van der Waals surface area contributed by atoms with Gasteiger partial charge in [-0.15, -0.1) is 0 Å². The van der Waals surface area contributed by atoms with Gasteiger partial charge in [0, 0.05) is 22.3 Å². The van der Waals surface area contributed by atoms with Gasteiger partial charge in [-0.25, -0.2) is 19.9 Å². The Balaban J connectivity index is 0.971. The van der Waals surface area contributed by atoms with Gasteiger partial charge in [0.1, 0.15) is 5.52 Å². The van der Waals surface area contributed by atoms with E-state index in [4.69, 9.17) is 19.4 Å². The molecule has 0 saturated heterocycles. The molecule has 5 heteroatoms. The minimum absolute atomic E-state index is 0.430. The number of nitrogens with zero attached hydrogens (tertiary/aromatic N) is 4. The van der Waals surface area contributed by atoms with Crippen LogP contribution in [0.4, 0.5) is 0 Å². The van der Waals surface area contributed by atoms with Crippen molar-refractivity contribution in [3.8, 4) is 56.4 Å². The molecule has 2 heterocycles. The van der Waals surface area contributed by atoms with Gasteiger partial charge in [0.25, 0.3) is 0 Å². The van der Waals surface area contributed by atoms with Crippen LogP contribution in [0.3, 0.4) is 0 Å². The summed E-state index contributed by atoms with van der Waals surface area (Å²) in [6.07, 6.45) is 10.2. The number of hydrogen-bond acceptors (Lipinski definition) is 5. The fourth-order valence-electron chi connectivity index (χ4n) is 9.61. The van der Waals surface area contributed by atoms with Crippen molar-refractivity contribution in [3.05, 3.63) is 133 Å². The van der Waals surface area contributed by atoms with E-state index in [1.807, 2.05) is 60.7 Å². The fourth-order valence-corrected chi connectivity index (χ4v) is 9.61. The third-order valence-corrected chi connectivity index (χ3v) is 11.5. The minimum Gasteiger partial charge on any atom is -0.443 e. The predicted octanol–water partition coefficient (Wildman–Crippen LogP) is 10.8. The van der Waals surface area contributed by atoms with Crippen molar-refractivity contribution in [2.75, 3.05) is 0 Å². The summed E-state index contributed by atoms with van der Waals surface area (Å²) in [6, 6.07) is 42.5. The molecular formula is C44H36N4O. The van der Waals surface area contributed by atoms with Crippen LogP contribution < -0.4 is 0 Å². The molecule has 4 fully saturated rings. The van der Waals surface area contributed by atoms with Gasteiger partial charge in [0.05, 0.1) is 0 Å². The summed E-state index contributed by atoms with van der Waals surface area (Å²) in [5.74, 6) is 4.67. The van der Waals surface area contributed by atoms with Crippen LogP contribution in [-0.2, 0) is 5.41 Å². The number of rotatable bonds is 6. The summed E-state index contributed by atoms with van der Waals surface area (Å²) in [4.78, 5) is 19.4. The highest BCUT2D eigenvalue weighted by Gasteiger charge is 2.51. The summed E-state index contributed by atoms with van der Waals surface area (Å²) in [5, 5.41) is 0. The van der Waals surface area contributed by atoms with Crippen LogP contribution in [0.2, 0.25) is 0 Å². The summed E-state index contributed by atoms with van der Waals surface area (Å²) in [6.45, 7) is 0. The molecule has 5 nitrogen and oxygen atoms in total. The summed E-state index contributed by atoms with van der Waals surface area (Å²) in [5.41, 5.74) is 10.7. The molecule has 4 aliphatic rings. The first kappa shape index (κ1) is 28.6. The normalized spacial score (nSPS) is 22.5. The average Bonchev–Trinajstić information content (AvgIpc) is 3.65. The molecule has 0 amide bonds. The smallest absolute Gasteiger partial charge is 0.182 e. The first-order chi connectivity index (χ1) is 24.2. The molecule has 0 aliphatic heterocycles. The van der Waals surface area contributed by atoms with E-state index in [1.54, 1.807) is 5.56 Å². The Morgan fingerprint density at radius 3 is 1.53 bits per heavy atom. The van der Waals surface area contributed by atoms with Crippen LogP contribution in [-0.4, -0.2) is 19.9 Å². The van der Waals surface area contributed by atoms with E-state index in [2.05, 4.69) is 65.6 Å². The van der Waals surface area contributed by atoms with Crippen LogP contribution in [0, 0.1) is 17.8 Å². The molecule has 11 rings (SSSR count). The van der Waals surface area contributed by atoms with Crippen LogP contribution >= 0.6 is 0 Å². The van der Waals surface area contributed by atoms with Crippen molar-refractivity contribution in [1.29, 1.82) is 0 Å². The molecule has 7 aromatic rings. The number of fused-ring (bicyclic) bond motifs is 1. The molecule has 5 aromatic carbocycles. The van der Waals surface area contributed by atoms with Crippen molar-refractivity contribution in [3.63, 3.8) is 0 Å². The van der Waals surface area contributed by atoms with Gasteiger partial charge in [-0.05, 0) is 96.1 Å². The zero-order chi connectivity index (χ0) is 32.4. The molecule has 0 radical (unpaired) electrons. The highest BCUT2D eigenvalue weighted by molar-refractivity contribution is 5.98. The zero-order valence-corrected chi connectivity index (χ0v) is 27.3. The van der Waals surface area contributed by atoms with E-state index in [0.717, 1.165) is 51.1 Å². The topological polar surface area (TPSA) is 64.7 Å².